The number of carbonyl (C=O) groups excluding carboxylic acids is 3. The van der Waals surface area contributed by atoms with Crippen molar-refractivity contribution in [2.45, 2.75) is 56.3 Å². The number of aryl methyl sites for hydroxylation is 1. The van der Waals surface area contributed by atoms with Gasteiger partial charge in [0, 0.05) is 0 Å². The minimum atomic E-state index is -0.886. The van der Waals surface area contributed by atoms with E-state index in [9.17, 15) is 14.4 Å². The summed E-state index contributed by atoms with van der Waals surface area (Å²) in [4.78, 5) is 38.1. The monoisotopic (exact) mass is 494 g/mol. The second kappa shape index (κ2) is 9.57. The molecule has 3 heterocycles. The Kier molecular flexibility index (Phi) is 6.33. The molecular weight excluding hydrogens is 468 g/mol. The Labute approximate surface area is 206 Å². The highest BCUT2D eigenvalue weighted by Gasteiger charge is 2.52. The lowest BCUT2D eigenvalue weighted by Gasteiger charge is -2.30. The number of hydrazine groups is 1. The third-order valence-electron chi connectivity index (χ3n) is 6.44. The van der Waals surface area contributed by atoms with Crippen LogP contribution in [0.3, 0.4) is 0 Å². The molecule has 10 nitrogen and oxygen atoms in total. The fraction of sp³-hybridized carbons (Fsp3) is 0.375. The Balaban J connectivity index is 1.30. The van der Waals surface area contributed by atoms with Gasteiger partial charge >= 0.3 is 6.03 Å². The highest BCUT2D eigenvalue weighted by molar-refractivity contribution is 7.99. The summed E-state index contributed by atoms with van der Waals surface area (Å²) in [6, 6.07) is 11.1. The molecule has 182 valence electrons. The predicted octanol–water partition coefficient (Wildman–Crippen LogP) is 3.27. The molecular formula is C24H26N6O4S. The number of nitrogens with zero attached hydrogens (tertiary/aromatic N) is 4. The van der Waals surface area contributed by atoms with Gasteiger partial charge in [0.15, 0.2) is 11.0 Å². The molecule has 4 amide bonds. The summed E-state index contributed by atoms with van der Waals surface area (Å²) >= 11 is 1.19. The lowest BCUT2D eigenvalue weighted by Crippen LogP contribution is -2.51. The molecule has 2 aliphatic rings. The maximum absolute atomic E-state index is 12.9. The van der Waals surface area contributed by atoms with Gasteiger partial charge in [-0.05, 0) is 31.4 Å². The Morgan fingerprint density at radius 1 is 1.14 bits per heavy atom. The number of carbonyl (C=O) groups is 3. The van der Waals surface area contributed by atoms with Gasteiger partial charge in [-0.15, -0.1) is 10.2 Å². The minimum absolute atomic E-state index is 0.0403. The first-order chi connectivity index (χ1) is 17.0. The Bertz CT molecular complexity index is 1250. The van der Waals surface area contributed by atoms with Crippen molar-refractivity contribution < 1.29 is 18.8 Å². The largest absolute Gasteiger partial charge is 0.469 e. The number of aromatic nitrogens is 3. The first-order valence-electron chi connectivity index (χ1n) is 11.6. The molecule has 3 aromatic rings. The summed E-state index contributed by atoms with van der Waals surface area (Å²) in [5, 5.41) is 12.8. The highest BCUT2D eigenvalue weighted by atomic mass is 32.2. The van der Waals surface area contributed by atoms with Crippen molar-refractivity contribution in [3.05, 3.63) is 54.0 Å². The van der Waals surface area contributed by atoms with Crippen LogP contribution < -0.4 is 10.7 Å². The summed E-state index contributed by atoms with van der Waals surface area (Å²) in [5.74, 6) is 0.459. The average molecular weight is 495 g/mol. The zero-order chi connectivity index (χ0) is 24.4. The van der Waals surface area contributed by atoms with E-state index in [1.54, 1.807) is 6.26 Å². The maximum atomic E-state index is 12.9. The molecule has 2 fully saturated rings. The topological polar surface area (TPSA) is 122 Å². The van der Waals surface area contributed by atoms with E-state index in [0.717, 1.165) is 41.2 Å². The first kappa shape index (κ1) is 23.2. The van der Waals surface area contributed by atoms with Crippen LogP contribution >= 0.6 is 11.8 Å². The summed E-state index contributed by atoms with van der Waals surface area (Å²) in [6.07, 6.45) is 5.58. The molecule has 1 aromatic carbocycles. The molecule has 0 radical (unpaired) electrons. The van der Waals surface area contributed by atoms with Crippen molar-refractivity contribution >= 4 is 29.6 Å². The van der Waals surface area contributed by atoms with Gasteiger partial charge in [-0.25, -0.2) is 4.79 Å². The number of rotatable bonds is 7. The van der Waals surface area contributed by atoms with Crippen molar-refractivity contribution in [1.29, 1.82) is 0 Å². The van der Waals surface area contributed by atoms with Gasteiger partial charge < -0.3 is 9.73 Å². The van der Waals surface area contributed by atoms with Gasteiger partial charge in [0.05, 0.1) is 24.1 Å². The smallest absolute Gasteiger partial charge is 0.344 e. The van der Waals surface area contributed by atoms with Gasteiger partial charge in [0.2, 0.25) is 5.91 Å². The van der Waals surface area contributed by atoms with Crippen LogP contribution in [0, 0.1) is 6.92 Å². The van der Waals surface area contributed by atoms with E-state index in [-0.39, 0.29) is 11.7 Å². The van der Waals surface area contributed by atoms with Crippen molar-refractivity contribution in [1.82, 2.24) is 30.5 Å². The number of benzene rings is 1. The Hall–Kier alpha value is -3.60. The van der Waals surface area contributed by atoms with E-state index >= 15 is 0 Å². The molecule has 1 saturated carbocycles. The molecule has 5 rings (SSSR count). The molecule has 0 bridgehead atoms. The van der Waals surface area contributed by atoms with Crippen LogP contribution in [0.5, 0.6) is 0 Å². The van der Waals surface area contributed by atoms with Crippen LogP contribution in [0.2, 0.25) is 0 Å². The van der Waals surface area contributed by atoms with Crippen LogP contribution in [0.4, 0.5) is 4.79 Å². The molecule has 35 heavy (non-hydrogen) atoms. The number of hydrogen-bond acceptors (Lipinski definition) is 7. The van der Waals surface area contributed by atoms with E-state index in [4.69, 9.17) is 4.42 Å². The van der Waals surface area contributed by atoms with Gasteiger partial charge in [0.1, 0.15) is 11.3 Å². The quantitative estimate of drug-likeness (QED) is 0.382. The van der Waals surface area contributed by atoms with Gasteiger partial charge in [0.25, 0.3) is 5.91 Å². The summed E-state index contributed by atoms with van der Waals surface area (Å²) in [7, 11) is 0. The number of imide groups is 1. The van der Waals surface area contributed by atoms with Crippen molar-refractivity contribution in [3.63, 3.8) is 0 Å². The molecule has 11 heteroatoms. The second-order valence-corrected chi connectivity index (χ2v) is 9.75. The molecule has 1 aliphatic heterocycles. The van der Waals surface area contributed by atoms with Crippen molar-refractivity contribution in [2.75, 3.05) is 5.75 Å². The Morgan fingerprint density at radius 3 is 2.63 bits per heavy atom. The number of amides is 4. The number of urea groups is 1. The van der Waals surface area contributed by atoms with E-state index in [2.05, 4.69) is 20.9 Å². The maximum Gasteiger partial charge on any atom is 0.344 e. The first-order valence-corrected chi connectivity index (χ1v) is 12.6. The van der Waals surface area contributed by atoms with Crippen LogP contribution in [-0.4, -0.2) is 48.9 Å². The van der Waals surface area contributed by atoms with Crippen LogP contribution in [0.25, 0.3) is 11.4 Å². The number of thioether (sulfide) groups is 1. The zero-order valence-electron chi connectivity index (χ0n) is 19.3. The third kappa shape index (κ3) is 4.55. The number of furan rings is 1. The van der Waals surface area contributed by atoms with Gasteiger partial charge in [-0.3, -0.25) is 19.6 Å². The van der Waals surface area contributed by atoms with Gasteiger partial charge in [-0.2, -0.15) is 5.01 Å². The van der Waals surface area contributed by atoms with Crippen LogP contribution in [-0.2, 0) is 16.1 Å². The predicted molar refractivity (Wildman–Crippen MR) is 128 cm³/mol. The normalized spacial score (nSPS) is 17.1. The Morgan fingerprint density at radius 2 is 1.91 bits per heavy atom. The molecule has 2 aromatic heterocycles. The van der Waals surface area contributed by atoms with E-state index in [1.165, 1.54) is 11.8 Å². The SMILES string of the molecule is Cc1occc1-c1nnc(SCC(=O)NN2C(=O)NC3(CCCCC3)C2=O)n1Cc1ccccc1. The molecule has 1 saturated heterocycles. The highest BCUT2D eigenvalue weighted by Crippen LogP contribution is 2.33. The standard InChI is InChI=1S/C24H26N6O4S/c1-16-18(10-13-34-16)20-26-27-23(29(20)14-17-8-4-2-5-9-17)35-15-19(31)28-30-21(32)24(25-22(30)33)11-6-3-7-12-24/h2,4-5,8-10,13H,3,6-7,11-12,14-15H2,1H3,(H,25,33)(H,28,31). The lowest BCUT2D eigenvalue weighted by molar-refractivity contribution is -0.139. The summed E-state index contributed by atoms with van der Waals surface area (Å²) in [6.45, 7) is 2.36. The molecule has 0 atom stereocenters. The minimum Gasteiger partial charge on any atom is -0.469 e. The number of hydrogen-bond donors (Lipinski definition) is 2. The molecule has 1 spiro atoms. The van der Waals surface area contributed by atoms with E-state index < -0.39 is 17.5 Å². The van der Waals surface area contributed by atoms with Crippen molar-refractivity contribution in [2.24, 2.45) is 0 Å². The van der Waals surface area contributed by atoms with E-state index in [1.807, 2.05) is 47.9 Å². The summed E-state index contributed by atoms with van der Waals surface area (Å²) < 4.78 is 7.37. The van der Waals surface area contributed by atoms with Gasteiger partial charge in [-0.1, -0.05) is 61.4 Å². The second-order valence-electron chi connectivity index (χ2n) is 8.81. The fourth-order valence-corrected chi connectivity index (χ4v) is 5.35. The zero-order valence-corrected chi connectivity index (χ0v) is 20.1. The fourth-order valence-electron chi connectivity index (χ4n) is 4.62. The summed E-state index contributed by atoms with van der Waals surface area (Å²) in [5.41, 5.74) is 3.46. The number of nitrogens with one attached hydrogen (secondary N) is 2. The van der Waals surface area contributed by atoms with E-state index in [0.29, 0.717) is 30.4 Å². The third-order valence-corrected chi connectivity index (χ3v) is 7.40. The van der Waals surface area contributed by atoms with Crippen LogP contribution in [0.15, 0.2) is 52.2 Å². The van der Waals surface area contributed by atoms with Crippen LogP contribution in [0.1, 0.15) is 43.4 Å². The molecule has 2 N–H and O–H groups in total. The lowest BCUT2D eigenvalue weighted by atomic mass is 9.82. The van der Waals surface area contributed by atoms with Crippen molar-refractivity contribution in [3.8, 4) is 11.4 Å². The molecule has 1 aliphatic carbocycles. The average Bonchev–Trinajstić information content (AvgIpc) is 3.52. The molecule has 0 unspecified atom stereocenters.